The quantitative estimate of drug-likeness (QED) is 0.790. The average Bonchev–Trinajstić information content (AvgIpc) is 2.92. The van der Waals surface area contributed by atoms with Gasteiger partial charge in [-0.3, -0.25) is 0 Å². The van der Waals surface area contributed by atoms with Crippen LogP contribution in [0.3, 0.4) is 0 Å². The van der Waals surface area contributed by atoms with Crippen LogP contribution in [0.1, 0.15) is 15.4 Å². The second-order valence-corrected chi connectivity index (χ2v) is 5.89. The Morgan fingerprint density at radius 2 is 1.71 bits per heavy atom. The molecule has 2 N–H and O–H groups in total. The molecule has 1 aromatic heterocycles. The fourth-order valence-electron chi connectivity index (χ4n) is 2.25. The van der Waals surface area contributed by atoms with Crippen molar-refractivity contribution in [3.05, 3.63) is 75.9 Å². The predicted octanol–water partition coefficient (Wildman–Crippen LogP) is 4.00. The molecule has 0 aliphatic carbocycles. The Hall–Kier alpha value is -2.04. The zero-order valence-corrected chi connectivity index (χ0v) is 12.2. The van der Waals surface area contributed by atoms with Crippen LogP contribution in [0, 0.1) is 5.82 Å². The predicted molar refractivity (Wildman–Crippen MR) is 84.6 cm³/mol. The minimum Gasteiger partial charge on any atom is -0.325 e. The SMILES string of the molecule is NCc1nc(-c2ccccc2F)c(Cc2ccccc2)s1. The Labute approximate surface area is 127 Å². The summed E-state index contributed by atoms with van der Waals surface area (Å²) in [4.78, 5) is 5.56. The lowest BCUT2D eigenvalue weighted by Gasteiger charge is -2.04. The van der Waals surface area contributed by atoms with Crippen LogP contribution in [0.15, 0.2) is 54.6 Å². The maximum atomic E-state index is 14.0. The number of hydrogen-bond donors (Lipinski definition) is 1. The second kappa shape index (κ2) is 6.16. The third-order valence-corrected chi connectivity index (χ3v) is 4.33. The van der Waals surface area contributed by atoms with Gasteiger partial charge in [0.1, 0.15) is 10.8 Å². The minimum absolute atomic E-state index is 0.249. The van der Waals surface area contributed by atoms with Gasteiger partial charge in [-0.2, -0.15) is 0 Å². The highest BCUT2D eigenvalue weighted by molar-refractivity contribution is 7.12. The van der Waals surface area contributed by atoms with Gasteiger partial charge in [0.15, 0.2) is 0 Å². The van der Waals surface area contributed by atoms with Gasteiger partial charge in [-0.25, -0.2) is 9.37 Å². The van der Waals surface area contributed by atoms with Crippen LogP contribution < -0.4 is 5.73 Å². The van der Waals surface area contributed by atoms with Gasteiger partial charge in [0.25, 0.3) is 0 Å². The van der Waals surface area contributed by atoms with E-state index in [1.54, 1.807) is 23.5 Å². The number of rotatable bonds is 4. The lowest BCUT2D eigenvalue weighted by molar-refractivity contribution is 0.630. The van der Waals surface area contributed by atoms with Crippen molar-refractivity contribution < 1.29 is 4.39 Å². The molecule has 106 valence electrons. The molecular formula is C17H15FN2S. The van der Waals surface area contributed by atoms with E-state index in [-0.39, 0.29) is 5.82 Å². The normalized spacial score (nSPS) is 10.8. The van der Waals surface area contributed by atoms with Crippen molar-refractivity contribution in [1.29, 1.82) is 0 Å². The molecule has 4 heteroatoms. The summed E-state index contributed by atoms with van der Waals surface area (Å²) in [5.74, 6) is -0.249. The highest BCUT2D eigenvalue weighted by atomic mass is 32.1. The average molecular weight is 298 g/mol. The number of halogens is 1. The van der Waals surface area contributed by atoms with E-state index in [0.29, 0.717) is 17.8 Å². The zero-order valence-electron chi connectivity index (χ0n) is 11.4. The number of aromatic nitrogens is 1. The Balaban J connectivity index is 2.04. The summed E-state index contributed by atoms with van der Waals surface area (Å²) in [6, 6.07) is 16.9. The molecule has 3 rings (SSSR count). The van der Waals surface area contributed by atoms with Crippen molar-refractivity contribution in [2.45, 2.75) is 13.0 Å². The molecule has 0 aliphatic heterocycles. The van der Waals surface area contributed by atoms with Gasteiger partial charge in [-0.05, 0) is 17.7 Å². The van der Waals surface area contributed by atoms with Gasteiger partial charge in [-0.15, -0.1) is 11.3 Å². The van der Waals surface area contributed by atoms with E-state index < -0.39 is 0 Å². The number of thiazole rings is 1. The van der Waals surface area contributed by atoms with Gasteiger partial charge in [0.2, 0.25) is 0 Å². The third-order valence-electron chi connectivity index (χ3n) is 3.25. The van der Waals surface area contributed by atoms with Gasteiger partial charge >= 0.3 is 0 Å². The lowest BCUT2D eigenvalue weighted by Crippen LogP contribution is -1.95. The van der Waals surface area contributed by atoms with Crippen molar-refractivity contribution in [2.24, 2.45) is 5.73 Å². The second-order valence-electron chi connectivity index (χ2n) is 4.73. The largest absolute Gasteiger partial charge is 0.325 e. The molecule has 1 heterocycles. The van der Waals surface area contributed by atoms with E-state index in [4.69, 9.17) is 5.73 Å². The first-order valence-corrected chi connectivity index (χ1v) is 7.57. The van der Waals surface area contributed by atoms with E-state index in [1.807, 2.05) is 24.3 Å². The van der Waals surface area contributed by atoms with E-state index in [0.717, 1.165) is 16.3 Å². The van der Waals surface area contributed by atoms with Crippen LogP contribution in [-0.4, -0.2) is 4.98 Å². The number of benzene rings is 2. The van der Waals surface area contributed by atoms with Crippen LogP contribution in [-0.2, 0) is 13.0 Å². The standard InChI is InChI=1S/C17H15FN2S/c18-14-9-5-4-8-13(14)17-15(21-16(11-19)20-17)10-12-6-2-1-3-7-12/h1-9H,10-11,19H2. The highest BCUT2D eigenvalue weighted by Gasteiger charge is 2.15. The fraction of sp³-hybridized carbons (Fsp3) is 0.118. The maximum absolute atomic E-state index is 14.0. The summed E-state index contributed by atoms with van der Waals surface area (Å²) in [5.41, 5.74) is 8.13. The van der Waals surface area contributed by atoms with Crippen LogP contribution in [0.4, 0.5) is 4.39 Å². The monoisotopic (exact) mass is 298 g/mol. The van der Waals surface area contributed by atoms with E-state index in [1.165, 1.54) is 11.6 Å². The third kappa shape index (κ3) is 3.01. The lowest BCUT2D eigenvalue weighted by atomic mass is 10.1. The first kappa shape index (κ1) is 13.9. The van der Waals surface area contributed by atoms with Gasteiger partial charge in [0.05, 0.1) is 5.69 Å². The molecule has 0 saturated carbocycles. The van der Waals surface area contributed by atoms with Crippen LogP contribution in [0.2, 0.25) is 0 Å². The van der Waals surface area contributed by atoms with E-state index in [9.17, 15) is 4.39 Å². The number of hydrogen-bond acceptors (Lipinski definition) is 3. The van der Waals surface area contributed by atoms with Crippen molar-refractivity contribution in [3.8, 4) is 11.3 Å². The molecule has 0 radical (unpaired) electrons. The van der Waals surface area contributed by atoms with Crippen molar-refractivity contribution >= 4 is 11.3 Å². The molecule has 0 spiro atoms. The molecule has 0 atom stereocenters. The molecule has 0 bridgehead atoms. The smallest absolute Gasteiger partial charge is 0.132 e. The van der Waals surface area contributed by atoms with Gasteiger partial charge < -0.3 is 5.73 Å². The Bertz CT molecular complexity index is 738. The van der Waals surface area contributed by atoms with E-state index >= 15 is 0 Å². The number of nitrogens with two attached hydrogens (primary N) is 1. The topological polar surface area (TPSA) is 38.9 Å². The van der Waals surface area contributed by atoms with Crippen LogP contribution >= 0.6 is 11.3 Å². The fourth-order valence-corrected chi connectivity index (χ4v) is 3.25. The molecule has 21 heavy (non-hydrogen) atoms. The summed E-state index contributed by atoms with van der Waals surface area (Å²) < 4.78 is 14.0. The van der Waals surface area contributed by atoms with Crippen LogP contribution in [0.5, 0.6) is 0 Å². The van der Waals surface area contributed by atoms with Crippen LogP contribution in [0.25, 0.3) is 11.3 Å². The Morgan fingerprint density at radius 1 is 1.00 bits per heavy atom. The zero-order chi connectivity index (χ0) is 14.7. The molecule has 0 aliphatic rings. The summed E-state index contributed by atoms with van der Waals surface area (Å²) in [6.45, 7) is 0.376. The minimum atomic E-state index is -0.249. The van der Waals surface area contributed by atoms with Crippen molar-refractivity contribution in [1.82, 2.24) is 4.98 Å². The molecular weight excluding hydrogens is 283 g/mol. The molecule has 0 amide bonds. The summed E-state index contributed by atoms with van der Waals surface area (Å²) in [5, 5.41) is 0.833. The van der Waals surface area contributed by atoms with Crippen molar-refractivity contribution in [2.75, 3.05) is 0 Å². The van der Waals surface area contributed by atoms with E-state index in [2.05, 4.69) is 17.1 Å². The summed E-state index contributed by atoms with van der Waals surface area (Å²) >= 11 is 1.56. The molecule has 0 fully saturated rings. The molecule has 2 aromatic carbocycles. The highest BCUT2D eigenvalue weighted by Crippen LogP contribution is 2.31. The first-order valence-electron chi connectivity index (χ1n) is 6.75. The van der Waals surface area contributed by atoms with Crippen molar-refractivity contribution in [3.63, 3.8) is 0 Å². The first-order chi connectivity index (χ1) is 10.3. The Kier molecular flexibility index (Phi) is 4.08. The molecule has 2 nitrogen and oxygen atoms in total. The van der Waals surface area contributed by atoms with Gasteiger partial charge in [-0.1, -0.05) is 42.5 Å². The summed E-state index contributed by atoms with van der Waals surface area (Å²) in [7, 11) is 0. The number of nitrogens with zero attached hydrogens (tertiary/aromatic N) is 1. The molecule has 0 unspecified atom stereocenters. The molecule has 3 aromatic rings. The van der Waals surface area contributed by atoms with Gasteiger partial charge in [0, 0.05) is 23.4 Å². The molecule has 0 saturated heterocycles. The Morgan fingerprint density at radius 3 is 2.43 bits per heavy atom. The summed E-state index contributed by atoms with van der Waals surface area (Å²) in [6.07, 6.45) is 0.738. The maximum Gasteiger partial charge on any atom is 0.132 e.